The molecule has 0 unspecified atom stereocenters. The minimum Gasteiger partial charge on any atom is -0.378 e. The van der Waals surface area contributed by atoms with Crippen molar-refractivity contribution in [2.24, 2.45) is 5.73 Å². The van der Waals surface area contributed by atoms with E-state index in [0.29, 0.717) is 12.1 Å². The second kappa shape index (κ2) is 8.80. The van der Waals surface area contributed by atoms with E-state index < -0.39 is 0 Å². The number of anilines is 2. The van der Waals surface area contributed by atoms with E-state index in [-0.39, 0.29) is 18.3 Å². The summed E-state index contributed by atoms with van der Waals surface area (Å²) in [5.41, 5.74) is 8.69. The molecular formula is C18H23ClN4O2. The maximum absolute atomic E-state index is 12.4. The zero-order valence-electron chi connectivity index (χ0n) is 14.2. The summed E-state index contributed by atoms with van der Waals surface area (Å²) < 4.78 is 5.36. The van der Waals surface area contributed by atoms with Crippen molar-refractivity contribution in [1.82, 2.24) is 4.98 Å². The van der Waals surface area contributed by atoms with E-state index in [0.717, 1.165) is 49.1 Å². The Balaban J connectivity index is 0.00000225. The van der Waals surface area contributed by atoms with Crippen LogP contribution in [-0.2, 0) is 11.3 Å². The van der Waals surface area contributed by atoms with Crippen molar-refractivity contribution in [3.05, 3.63) is 53.2 Å². The number of carbonyl (C=O) groups excluding carboxylic acids is 1. The summed E-state index contributed by atoms with van der Waals surface area (Å²) in [6.07, 6.45) is 0. The van der Waals surface area contributed by atoms with Crippen molar-refractivity contribution in [3.63, 3.8) is 0 Å². The smallest absolute Gasteiger partial charge is 0.255 e. The summed E-state index contributed by atoms with van der Waals surface area (Å²) >= 11 is 0. The van der Waals surface area contributed by atoms with Gasteiger partial charge in [-0.25, -0.2) is 4.98 Å². The van der Waals surface area contributed by atoms with Crippen LogP contribution in [0.5, 0.6) is 0 Å². The van der Waals surface area contributed by atoms with Gasteiger partial charge < -0.3 is 20.7 Å². The van der Waals surface area contributed by atoms with Crippen LogP contribution in [-0.4, -0.2) is 37.2 Å². The SMILES string of the molecule is Cc1nc(N2CCOCC2)ccc1NC(=O)c1ccc(CN)cc1.Cl. The highest BCUT2D eigenvalue weighted by molar-refractivity contribution is 6.04. The maximum atomic E-state index is 12.4. The summed E-state index contributed by atoms with van der Waals surface area (Å²) in [6.45, 7) is 5.48. The number of nitrogens with zero attached hydrogens (tertiary/aromatic N) is 2. The third-order valence-electron chi connectivity index (χ3n) is 4.11. The first kappa shape index (κ1) is 19.2. The molecule has 0 aliphatic carbocycles. The zero-order chi connectivity index (χ0) is 16.9. The number of hydrogen-bond acceptors (Lipinski definition) is 5. The van der Waals surface area contributed by atoms with Gasteiger partial charge >= 0.3 is 0 Å². The normalized spacial score (nSPS) is 13.9. The van der Waals surface area contributed by atoms with Gasteiger partial charge in [-0.1, -0.05) is 12.1 Å². The summed E-state index contributed by atoms with van der Waals surface area (Å²) in [6, 6.07) is 11.1. The number of pyridine rings is 1. The first-order valence-electron chi connectivity index (χ1n) is 8.08. The minimum atomic E-state index is -0.150. The molecule has 1 aromatic heterocycles. The van der Waals surface area contributed by atoms with E-state index in [1.807, 2.05) is 31.2 Å². The molecular weight excluding hydrogens is 340 g/mol. The number of rotatable bonds is 4. The van der Waals surface area contributed by atoms with Crippen LogP contribution >= 0.6 is 12.4 Å². The lowest BCUT2D eigenvalue weighted by Gasteiger charge is -2.28. The topological polar surface area (TPSA) is 80.5 Å². The zero-order valence-corrected chi connectivity index (χ0v) is 15.0. The monoisotopic (exact) mass is 362 g/mol. The van der Waals surface area contributed by atoms with Gasteiger partial charge in [0.2, 0.25) is 0 Å². The molecule has 0 spiro atoms. The second-order valence-corrected chi connectivity index (χ2v) is 5.76. The van der Waals surface area contributed by atoms with Crippen LogP contribution in [0, 0.1) is 6.92 Å². The Morgan fingerprint density at radius 2 is 1.88 bits per heavy atom. The molecule has 0 bridgehead atoms. The van der Waals surface area contributed by atoms with E-state index in [1.165, 1.54) is 0 Å². The number of halogens is 1. The largest absolute Gasteiger partial charge is 0.378 e. The molecule has 1 saturated heterocycles. The number of benzene rings is 1. The van der Waals surface area contributed by atoms with Crippen molar-refractivity contribution in [2.45, 2.75) is 13.5 Å². The third-order valence-corrected chi connectivity index (χ3v) is 4.11. The van der Waals surface area contributed by atoms with Crippen molar-refractivity contribution < 1.29 is 9.53 Å². The summed E-state index contributed by atoms with van der Waals surface area (Å²) in [5.74, 6) is 0.767. The lowest BCUT2D eigenvalue weighted by atomic mass is 10.1. The van der Waals surface area contributed by atoms with Crippen molar-refractivity contribution >= 4 is 29.8 Å². The summed E-state index contributed by atoms with van der Waals surface area (Å²) in [4.78, 5) is 19.2. The van der Waals surface area contributed by atoms with Crippen LogP contribution in [0.3, 0.4) is 0 Å². The standard InChI is InChI=1S/C18H22N4O2.ClH/c1-13-16(6-7-17(20-13)22-8-10-24-11-9-22)21-18(23)15-4-2-14(12-19)3-5-15;/h2-7H,8-12,19H2,1H3,(H,21,23);1H. The fourth-order valence-electron chi connectivity index (χ4n) is 2.64. The van der Waals surface area contributed by atoms with E-state index in [4.69, 9.17) is 10.5 Å². The molecule has 134 valence electrons. The number of amides is 1. The Morgan fingerprint density at radius 3 is 2.48 bits per heavy atom. The van der Waals surface area contributed by atoms with Crippen LogP contribution in [0.1, 0.15) is 21.6 Å². The van der Waals surface area contributed by atoms with Gasteiger partial charge in [-0.05, 0) is 36.8 Å². The van der Waals surface area contributed by atoms with Crippen LogP contribution in [0.15, 0.2) is 36.4 Å². The molecule has 1 aliphatic rings. The number of nitrogens with one attached hydrogen (secondary N) is 1. The van der Waals surface area contributed by atoms with Gasteiger partial charge in [-0.2, -0.15) is 0 Å². The third kappa shape index (κ3) is 4.69. The quantitative estimate of drug-likeness (QED) is 0.872. The van der Waals surface area contributed by atoms with Gasteiger partial charge in [0.15, 0.2) is 0 Å². The van der Waals surface area contributed by atoms with E-state index in [9.17, 15) is 4.79 Å². The highest BCUT2D eigenvalue weighted by Gasteiger charge is 2.14. The summed E-state index contributed by atoms with van der Waals surface area (Å²) in [7, 11) is 0. The molecule has 7 heteroatoms. The maximum Gasteiger partial charge on any atom is 0.255 e. The van der Waals surface area contributed by atoms with Gasteiger partial charge in [0, 0.05) is 25.2 Å². The van der Waals surface area contributed by atoms with Gasteiger partial charge in [-0.3, -0.25) is 4.79 Å². The Hall–Kier alpha value is -2.15. The van der Waals surface area contributed by atoms with E-state index in [2.05, 4.69) is 15.2 Å². The molecule has 6 nitrogen and oxygen atoms in total. The van der Waals surface area contributed by atoms with Crippen molar-refractivity contribution in [2.75, 3.05) is 36.5 Å². The molecule has 1 fully saturated rings. The Bertz CT molecular complexity index is 716. The molecule has 2 aromatic rings. The molecule has 0 radical (unpaired) electrons. The predicted octanol–water partition coefficient (Wildman–Crippen LogP) is 2.36. The first-order chi connectivity index (χ1) is 11.7. The lowest BCUT2D eigenvalue weighted by Crippen LogP contribution is -2.36. The van der Waals surface area contributed by atoms with E-state index in [1.54, 1.807) is 12.1 Å². The number of carbonyl (C=O) groups is 1. The predicted molar refractivity (Wildman–Crippen MR) is 102 cm³/mol. The second-order valence-electron chi connectivity index (χ2n) is 5.76. The number of hydrogen-bond donors (Lipinski definition) is 2. The van der Waals surface area contributed by atoms with Crippen LogP contribution in [0.2, 0.25) is 0 Å². The fraction of sp³-hybridized carbons (Fsp3) is 0.333. The molecule has 1 aromatic carbocycles. The molecule has 2 heterocycles. The number of nitrogens with two attached hydrogens (primary N) is 1. The Morgan fingerprint density at radius 1 is 1.20 bits per heavy atom. The molecule has 0 saturated carbocycles. The van der Waals surface area contributed by atoms with Crippen LogP contribution in [0.4, 0.5) is 11.5 Å². The number of aromatic nitrogens is 1. The summed E-state index contributed by atoms with van der Waals surface area (Å²) in [5, 5.41) is 2.92. The highest BCUT2D eigenvalue weighted by Crippen LogP contribution is 2.20. The average Bonchev–Trinajstić information content (AvgIpc) is 2.64. The Labute approximate surface area is 153 Å². The fourth-order valence-corrected chi connectivity index (χ4v) is 2.64. The van der Waals surface area contributed by atoms with Gasteiger partial charge in [0.25, 0.3) is 5.91 Å². The minimum absolute atomic E-state index is 0. The van der Waals surface area contributed by atoms with Gasteiger partial charge in [-0.15, -0.1) is 12.4 Å². The highest BCUT2D eigenvalue weighted by atomic mass is 35.5. The van der Waals surface area contributed by atoms with Crippen molar-refractivity contribution in [3.8, 4) is 0 Å². The Kier molecular flexibility index (Phi) is 6.75. The molecule has 0 atom stereocenters. The van der Waals surface area contributed by atoms with Crippen LogP contribution < -0.4 is 16.0 Å². The number of ether oxygens (including phenoxy) is 1. The first-order valence-corrected chi connectivity index (χ1v) is 8.08. The van der Waals surface area contributed by atoms with Crippen molar-refractivity contribution in [1.29, 1.82) is 0 Å². The lowest BCUT2D eigenvalue weighted by molar-refractivity contribution is 0.102. The van der Waals surface area contributed by atoms with Gasteiger partial charge in [0.05, 0.1) is 24.6 Å². The number of aryl methyl sites for hydroxylation is 1. The van der Waals surface area contributed by atoms with Gasteiger partial charge in [0.1, 0.15) is 5.82 Å². The molecule has 25 heavy (non-hydrogen) atoms. The molecule has 3 N–H and O–H groups in total. The van der Waals surface area contributed by atoms with E-state index >= 15 is 0 Å². The molecule has 1 amide bonds. The van der Waals surface area contributed by atoms with Crippen LogP contribution in [0.25, 0.3) is 0 Å². The molecule has 1 aliphatic heterocycles. The molecule has 3 rings (SSSR count). The average molecular weight is 363 g/mol. The number of morpholine rings is 1.